The van der Waals surface area contributed by atoms with E-state index < -0.39 is 124 Å². The molecule has 17 atom stereocenters. The largest absolute Gasteiger partial charge is 0.394 e. The predicted molar refractivity (Wildman–Crippen MR) is 300 cm³/mol. The summed E-state index contributed by atoms with van der Waals surface area (Å²) in [6, 6.07) is -0.895. The van der Waals surface area contributed by atoms with Gasteiger partial charge in [0.25, 0.3) is 0 Å². The SMILES string of the molecule is CC/C=C\C/C=C\C/C=C\C/C=C\C/C=C\C/C=C\C/C=C\CCCCCCCCCC(=O)NC(COC1OC(CO)C(OC2OC(CO)C(OC3OC(CO)C(O)C(O)C3O)C(O)C2O)C(O)C1O)C(O)CCCCCCC. The average molecular weight is 1120 g/mol. The molecule has 0 aromatic heterocycles. The Morgan fingerprint density at radius 1 is 0.468 bits per heavy atom. The van der Waals surface area contributed by atoms with Gasteiger partial charge in [-0.05, 0) is 70.6 Å². The van der Waals surface area contributed by atoms with E-state index in [2.05, 4.69) is 104 Å². The first-order chi connectivity index (χ1) is 38.3. The Morgan fingerprint density at radius 3 is 1.37 bits per heavy atom. The zero-order valence-electron chi connectivity index (χ0n) is 47.1. The third-order valence-corrected chi connectivity index (χ3v) is 14.2. The van der Waals surface area contributed by atoms with Crippen LogP contribution in [0.3, 0.4) is 0 Å². The number of nitrogens with one attached hydrogen (secondary N) is 1. The fourth-order valence-corrected chi connectivity index (χ4v) is 9.41. The zero-order chi connectivity index (χ0) is 57.6. The molecule has 454 valence electrons. The minimum atomic E-state index is -1.97. The van der Waals surface area contributed by atoms with Gasteiger partial charge in [-0.15, -0.1) is 0 Å². The Bertz CT molecular complexity index is 1770. The Kier molecular flexibility index (Phi) is 38.0. The second kappa shape index (κ2) is 42.7. The first kappa shape index (κ1) is 70.2. The first-order valence-corrected chi connectivity index (χ1v) is 29.3. The molecule has 0 spiro atoms. The molecule has 0 aromatic rings. The number of hydrogen-bond acceptors (Lipinski definition) is 18. The average Bonchev–Trinajstić information content (AvgIpc) is 3.48. The summed E-state index contributed by atoms with van der Waals surface area (Å²) in [5.41, 5.74) is 0. The number of unbranched alkanes of at least 4 members (excludes halogenated alkanes) is 11. The smallest absolute Gasteiger partial charge is 0.220 e. The van der Waals surface area contributed by atoms with Gasteiger partial charge in [0.05, 0.1) is 38.6 Å². The molecule has 3 heterocycles. The number of hydrogen-bond donors (Lipinski definition) is 12. The predicted octanol–water partition coefficient (Wildman–Crippen LogP) is 4.81. The number of ether oxygens (including phenoxy) is 6. The third-order valence-electron chi connectivity index (χ3n) is 14.2. The first-order valence-electron chi connectivity index (χ1n) is 29.3. The lowest BCUT2D eigenvalue weighted by molar-refractivity contribution is -0.379. The van der Waals surface area contributed by atoms with Gasteiger partial charge in [0.1, 0.15) is 73.2 Å². The fourth-order valence-electron chi connectivity index (χ4n) is 9.41. The van der Waals surface area contributed by atoms with Gasteiger partial charge < -0.3 is 89.9 Å². The Labute approximate surface area is 470 Å². The summed E-state index contributed by atoms with van der Waals surface area (Å²) in [6.45, 7) is 1.52. The summed E-state index contributed by atoms with van der Waals surface area (Å²) in [4.78, 5) is 13.2. The molecule has 3 aliphatic rings. The van der Waals surface area contributed by atoms with E-state index in [1.165, 1.54) is 0 Å². The second-order valence-electron chi connectivity index (χ2n) is 20.7. The molecule has 0 radical (unpaired) electrons. The van der Waals surface area contributed by atoms with E-state index in [0.29, 0.717) is 19.3 Å². The van der Waals surface area contributed by atoms with Gasteiger partial charge in [0, 0.05) is 6.42 Å². The van der Waals surface area contributed by atoms with Crippen molar-refractivity contribution in [2.24, 2.45) is 0 Å². The van der Waals surface area contributed by atoms with E-state index in [1.807, 2.05) is 0 Å². The second-order valence-corrected chi connectivity index (χ2v) is 20.7. The Balaban J connectivity index is 1.36. The van der Waals surface area contributed by atoms with Gasteiger partial charge in [-0.1, -0.05) is 163 Å². The maximum absolute atomic E-state index is 13.2. The molecule has 3 saturated heterocycles. The lowest BCUT2D eigenvalue weighted by Gasteiger charge is -2.48. The number of aliphatic hydroxyl groups excluding tert-OH is 11. The van der Waals surface area contributed by atoms with Crippen LogP contribution in [-0.2, 0) is 33.2 Å². The number of carbonyl (C=O) groups is 1. The molecule has 0 aliphatic carbocycles. The summed E-state index contributed by atoms with van der Waals surface area (Å²) < 4.78 is 34.1. The normalized spacial score (nSPS) is 30.9. The summed E-state index contributed by atoms with van der Waals surface area (Å²) in [6.07, 6.45) is 24.6. The van der Waals surface area contributed by atoms with E-state index >= 15 is 0 Å². The molecule has 1 amide bonds. The summed E-state index contributed by atoms with van der Waals surface area (Å²) in [5.74, 6) is -0.267. The topological polar surface area (TPSA) is 307 Å². The van der Waals surface area contributed by atoms with Crippen molar-refractivity contribution in [2.75, 3.05) is 26.4 Å². The molecule has 0 saturated carbocycles. The number of aliphatic hydroxyl groups is 11. The molecule has 0 bridgehead atoms. The zero-order valence-corrected chi connectivity index (χ0v) is 47.1. The van der Waals surface area contributed by atoms with Gasteiger partial charge in [-0.25, -0.2) is 0 Å². The van der Waals surface area contributed by atoms with Crippen LogP contribution in [0.15, 0.2) is 85.1 Å². The maximum Gasteiger partial charge on any atom is 0.220 e. The van der Waals surface area contributed by atoms with Crippen LogP contribution < -0.4 is 5.32 Å². The summed E-state index contributed by atoms with van der Waals surface area (Å²) in [7, 11) is 0. The highest BCUT2D eigenvalue weighted by atomic mass is 16.8. The van der Waals surface area contributed by atoms with Crippen molar-refractivity contribution in [1.82, 2.24) is 5.32 Å². The number of carbonyl (C=O) groups excluding carboxylic acids is 1. The molecule has 17 unspecified atom stereocenters. The lowest BCUT2D eigenvalue weighted by atomic mass is 9.96. The molecule has 19 heteroatoms. The van der Waals surface area contributed by atoms with Gasteiger partial charge in [-0.2, -0.15) is 0 Å². The van der Waals surface area contributed by atoms with E-state index in [0.717, 1.165) is 116 Å². The third kappa shape index (κ3) is 26.8. The van der Waals surface area contributed by atoms with Crippen LogP contribution in [0.4, 0.5) is 0 Å². The molecule has 79 heavy (non-hydrogen) atoms. The van der Waals surface area contributed by atoms with Crippen molar-refractivity contribution in [1.29, 1.82) is 0 Å². The van der Waals surface area contributed by atoms with Crippen LogP contribution in [-0.4, -0.2) is 193 Å². The van der Waals surface area contributed by atoms with Crippen molar-refractivity contribution >= 4 is 5.91 Å². The Morgan fingerprint density at radius 2 is 0.873 bits per heavy atom. The molecule has 3 fully saturated rings. The number of amides is 1. The van der Waals surface area contributed by atoms with E-state index in [-0.39, 0.29) is 18.9 Å². The van der Waals surface area contributed by atoms with E-state index in [4.69, 9.17) is 28.4 Å². The quantitative estimate of drug-likeness (QED) is 0.0289. The van der Waals surface area contributed by atoms with E-state index in [9.17, 15) is 61.0 Å². The Hall–Kier alpha value is -3.03. The monoisotopic (exact) mass is 1120 g/mol. The van der Waals surface area contributed by atoms with Gasteiger partial charge in [0.15, 0.2) is 18.9 Å². The molecule has 19 nitrogen and oxygen atoms in total. The van der Waals surface area contributed by atoms with Crippen molar-refractivity contribution in [3.05, 3.63) is 85.1 Å². The van der Waals surface area contributed by atoms with Crippen molar-refractivity contribution in [2.45, 2.75) is 259 Å². The molecule has 3 aliphatic heterocycles. The highest BCUT2D eigenvalue weighted by Gasteiger charge is 2.53. The van der Waals surface area contributed by atoms with Crippen LogP contribution >= 0.6 is 0 Å². The van der Waals surface area contributed by atoms with Crippen molar-refractivity contribution in [3.63, 3.8) is 0 Å². The molecule has 12 N–H and O–H groups in total. The minimum absolute atomic E-state index is 0.246. The molecular formula is C60H101NO18. The summed E-state index contributed by atoms with van der Waals surface area (Å²) >= 11 is 0. The fraction of sp³-hybridized carbons (Fsp3) is 0.750. The van der Waals surface area contributed by atoms with Crippen molar-refractivity contribution in [3.8, 4) is 0 Å². The maximum atomic E-state index is 13.2. The standard InChI is InChI=1S/C60H101NO18/c1-3-5-7-9-10-11-12-13-14-15-16-17-18-19-20-21-22-23-24-25-26-27-28-29-30-31-32-34-36-38-48(66)61-43(44(65)37-35-33-8-6-4-2)42-74-58-54(72)51(69)56(46(40-63)76-58)79-60-55(73)52(70)57(47(41-64)77-60)78-59-53(71)50(68)49(67)45(39-62)75-59/h5,7,10-11,13-14,16-17,19-20,22-23,25-26,43-47,49-60,62-65,67-73H,3-4,6,8-9,12,15,18,21,24,27-42H2,1-2H3,(H,61,66)/b7-5-,11-10-,14-13-,17-16-,20-19-,23-22-,26-25-. The van der Waals surface area contributed by atoms with E-state index in [1.54, 1.807) is 0 Å². The van der Waals surface area contributed by atoms with Gasteiger partial charge >= 0.3 is 0 Å². The van der Waals surface area contributed by atoms with Crippen LogP contribution in [0, 0.1) is 0 Å². The van der Waals surface area contributed by atoms with Gasteiger partial charge in [-0.3, -0.25) is 4.79 Å². The number of allylic oxidation sites excluding steroid dienone is 14. The highest BCUT2D eigenvalue weighted by Crippen LogP contribution is 2.33. The summed E-state index contributed by atoms with van der Waals surface area (Å²) in [5, 5.41) is 120. The van der Waals surface area contributed by atoms with Crippen LogP contribution in [0.1, 0.15) is 155 Å². The minimum Gasteiger partial charge on any atom is -0.394 e. The molecule has 0 aromatic carbocycles. The van der Waals surface area contributed by atoms with Crippen LogP contribution in [0.2, 0.25) is 0 Å². The van der Waals surface area contributed by atoms with Crippen LogP contribution in [0.25, 0.3) is 0 Å². The number of rotatable bonds is 41. The van der Waals surface area contributed by atoms with Gasteiger partial charge in [0.2, 0.25) is 5.91 Å². The molecular weight excluding hydrogens is 1020 g/mol. The highest BCUT2D eigenvalue weighted by molar-refractivity contribution is 5.76. The van der Waals surface area contributed by atoms with Crippen LogP contribution in [0.5, 0.6) is 0 Å². The van der Waals surface area contributed by atoms with Crippen molar-refractivity contribution < 1.29 is 89.4 Å². The lowest BCUT2D eigenvalue weighted by Crippen LogP contribution is -2.66. The molecule has 3 rings (SSSR count).